The molecule has 3 aromatic rings. The fourth-order valence-electron chi connectivity index (χ4n) is 2.76. The fraction of sp³-hybridized carbons (Fsp3) is 0.190. The summed E-state index contributed by atoms with van der Waals surface area (Å²) in [5.74, 6) is -0.557. The molecule has 0 saturated heterocycles. The second kappa shape index (κ2) is 10.6. The molecule has 0 unspecified atom stereocenters. The van der Waals surface area contributed by atoms with Gasteiger partial charge in [-0.15, -0.1) is 0 Å². The maximum atomic E-state index is 12.3. The topological polar surface area (TPSA) is 143 Å². The van der Waals surface area contributed by atoms with E-state index in [0.717, 1.165) is 0 Å². The number of amides is 1. The summed E-state index contributed by atoms with van der Waals surface area (Å²) in [7, 11) is 1.44. The second-order valence-electron chi connectivity index (χ2n) is 6.42. The highest BCUT2D eigenvalue weighted by atomic mass is 79.9. The molecule has 33 heavy (non-hydrogen) atoms. The van der Waals surface area contributed by atoms with E-state index in [4.69, 9.17) is 18.6 Å². The molecule has 3 rings (SSSR count). The third-order valence-electron chi connectivity index (χ3n) is 4.21. The van der Waals surface area contributed by atoms with Gasteiger partial charge in [-0.2, -0.15) is 5.10 Å². The minimum absolute atomic E-state index is 0.0517. The van der Waals surface area contributed by atoms with Gasteiger partial charge in [0.1, 0.15) is 5.58 Å². The van der Waals surface area contributed by atoms with Crippen molar-refractivity contribution in [2.24, 2.45) is 5.10 Å². The molecule has 11 nitrogen and oxygen atoms in total. The Morgan fingerprint density at radius 1 is 1.27 bits per heavy atom. The van der Waals surface area contributed by atoms with Gasteiger partial charge >= 0.3 is 11.9 Å². The van der Waals surface area contributed by atoms with Crippen molar-refractivity contribution in [2.75, 3.05) is 20.3 Å². The van der Waals surface area contributed by atoms with E-state index < -0.39 is 16.8 Å². The molecule has 0 bridgehead atoms. The lowest BCUT2D eigenvalue weighted by Crippen LogP contribution is -2.16. The number of benzene rings is 2. The zero-order chi connectivity index (χ0) is 24.0. The molecule has 0 spiro atoms. The molecule has 0 aliphatic heterocycles. The molecule has 0 radical (unpaired) electrons. The Bertz CT molecular complexity index is 1240. The Labute approximate surface area is 195 Å². The average molecular weight is 520 g/mol. The fourth-order valence-corrected chi connectivity index (χ4v) is 3.34. The van der Waals surface area contributed by atoms with E-state index >= 15 is 0 Å². The summed E-state index contributed by atoms with van der Waals surface area (Å²) in [6.07, 6.45) is 1.37. The summed E-state index contributed by atoms with van der Waals surface area (Å²) in [4.78, 5) is 34.2. The minimum atomic E-state index is -0.634. The zero-order valence-electron chi connectivity index (χ0n) is 17.5. The highest BCUT2D eigenvalue weighted by Gasteiger charge is 2.16. The predicted octanol–water partition coefficient (Wildman–Crippen LogP) is 3.82. The molecule has 172 valence electrons. The van der Waals surface area contributed by atoms with Gasteiger partial charge in [0.2, 0.25) is 0 Å². The van der Waals surface area contributed by atoms with Crippen LogP contribution in [0.3, 0.4) is 0 Å². The standard InChI is InChI=1S/C21H18BrN3O8/c1-3-31-19(26)11-32-20-15(22)6-12(7-17(20)30-2)10-23-24-21(27)18-9-13-8-14(25(28)29)4-5-16(13)33-18/h4-10H,3,11H2,1-2H3,(H,24,27)/b23-10-. The van der Waals surface area contributed by atoms with Crippen LogP contribution in [-0.4, -0.2) is 43.3 Å². The first-order valence-electron chi connectivity index (χ1n) is 9.49. The number of esters is 1. The number of carbonyl (C=O) groups excluding carboxylic acids is 2. The Morgan fingerprint density at radius 2 is 2.06 bits per heavy atom. The van der Waals surface area contributed by atoms with E-state index in [9.17, 15) is 19.7 Å². The zero-order valence-corrected chi connectivity index (χ0v) is 19.1. The van der Waals surface area contributed by atoms with Gasteiger partial charge in [-0.25, -0.2) is 10.2 Å². The first-order valence-corrected chi connectivity index (χ1v) is 10.3. The smallest absolute Gasteiger partial charge is 0.344 e. The largest absolute Gasteiger partial charge is 0.493 e. The summed E-state index contributed by atoms with van der Waals surface area (Å²) in [5.41, 5.74) is 3.11. The predicted molar refractivity (Wildman–Crippen MR) is 121 cm³/mol. The van der Waals surface area contributed by atoms with Gasteiger partial charge in [0, 0.05) is 17.5 Å². The lowest BCUT2D eigenvalue weighted by Gasteiger charge is -2.13. The van der Waals surface area contributed by atoms with E-state index in [1.165, 1.54) is 37.6 Å². The van der Waals surface area contributed by atoms with Crippen molar-refractivity contribution in [1.29, 1.82) is 0 Å². The number of ether oxygens (including phenoxy) is 3. The molecule has 0 saturated carbocycles. The molecular formula is C21H18BrN3O8. The van der Waals surface area contributed by atoms with Gasteiger partial charge in [-0.05, 0) is 52.7 Å². The lowest BCUT2D eigenvalue weighted by atomic mass is 10.2. The van der Waals surface area contributed by atoms with Crippen LogP contribution in [0.5, 0.6) is 11.5 Å². The minimum Gasteiger partial charge on any atom is -0.493 e. The number of nitro benzene ring substituents is 1. The van der Waals surface area contributed by atoms with Crippen molar-refractivity contribution in [3.63, 3.8) is 0 Å². The summed E-state index contributed by atoms with van der Waals surface area (Å²) < 4.78 is 21.5. The number of hydrogen-bond acceptors (Lipinski definition) is 9. The van der Waals surface area contributed by atoms with Gasteiger partial charge in [0.05, 0.1) is 29.3 Å². The van der Waals surface area contributed by atoms with Gasteiger partial charge in [-0.3, -0.25) is 14.9 Å². The molecule has 12 heteroatoms. The number of non-ortho nitro benzene ring substituents is 1. The molecule has 1 heterocycles. The number of furan rings is 1. The summed E-state index contributed by atoms with van der Waals surface area (Å²) in [5, 5.41) is 15.2. The SMILES string of the molecule is CCOC(=O)COc1c(Br)cc(/C=N\NC(=O)c2cc3cc([N+](=O)[O-])ccc3o2)cc1OC. The summed E-state index contributed by atoms with van der Waals surface area (Å²) >= 11 is 3.35. The number of hydrazone groups is 1. The van der Waals surface area contributed by atoms with Crippen molar-refractivity contribution in [2.45, 2.75) is 6.92 Å². The van der Waals surface area contributed by atoms with Crippen molar-refractivity contribution in [3.8, 4) is 11.5 Å². The van der Waals surface area contributed by atoms with Crippen LogP contribution in [0.4, 0.5) is 5.69 Å². The van der Waals surface area contributed by atoms with Crippen molar-refractivity contribution < 1.29 is 33.1 Å². The Balaban J connectivity index is 1.69. The number of methoxy groups -OCH3 is 1. The lowest BCUT2D eigenvalue weighted by molar-refractivity contribution is -0.384. The average Bonchev–Trinajstić information content (AvgIpc) is 3.21. The van der Waals surface area contributed by atoms with E-state index in [1.807, 2.05) is 0 Å². The van der Waals surface area contributed by atoms with Crippen molar-refractivity contribution in [1.82, 2.24) is 5.43 Å². The van der Waals surface area contributed by atoms with Crippen LogP contribution < -0.4 is 14.9 Å². The maximum absolute atomic E-state index is 12.3. The number of hydrogen-bond donors (Lipinski definition) is 1. The molecular weight excluding hydrogens is 502 g/mol. The quantitative estimate of drug-likeness (QED) is 0.194. The van der Waals surface area contributed by atoms with Crippen LogP contribution in [0, 0.1) is 10.1 Å². The van der Waals surface area contributed by atoms with Gasteiger partial charge in [-0.1, -0.05) is 0 Å². The first-order chi connectivity index (χ1) is 15.8. The normalized spacial score (nSPS) is 10.9. The first kappa shape index (κ1) is 23.7. The van der Waals surface area contributed by atoms with E-state index in [2.05, 4.69) is 26.5 Å². The summed E-state index contributed by atoms with van der Waals surface area (Å²) in [6.45, 7) is 1.66. The monoisotopic (exact) mass is 519 g/mol. The number of carbonyl (C=O) groups is 2. The third kappa shape index (κ3) is 5.86. The number of nitrogens with one attached hydrogen (secondary N) is 1. The molecule has 1 amide bonds. The maximum Gasteiger partial charge on any atom is 0.344 e. The van der Waals surface area contributed by atoms with Crippen LogP contribution in [-0.2, 0) is 9.53 Å². The number of halogens is 1. The van der Waals surface area contributed by atoms with Crippen LogP contribution in [0.25, 0.3) is 11.0 Å². The molecule has 1 N–H and O–H groups in total. The van der Waals surface area contributed by atoms with Gasteiger partial charge < -0.3 is 18.6 Å². The molecule has 0 aliphatic rings. The Hall–Kier alpha value is -3.93. The van der Waals surface area contributed by atoms with Crippen molar-refractivity contribution >= 4 is 50.7 Å². The molecule has 1 aromatic heterocycles. The van der Waals surface area contributed by atoms with Gasteiger partial charge in [0.25, 0.3) is 5.69 Å². The number of nitro groups is 1. The van der Waals surface area contributed by atoms with E-state index in [1.54, 1.807) is 19.1 Å². The molecule has 0 atom stereocenters. The number of fused-ring (bicyclic) bond motifs is 1. The van der Waals surface area contributed by atoms with Crippen molar-refractivity contribution in [3.05, 3.63) is 62.3 Å². The Morgan fingerprint density at radius 3 is 2.76 bits per heavy atom. The molecule has 0 fully saturated rings. The van der Waals surface area contributed by atoms with Crippen LogP contribution in [0.2, 0.25) is 0 Å². The number of rotatable bonds is 9. The van der Waals surface area contributed by atoms with Crippen LogP contribution in [0.1, 0.15) is 23.0 Å². The van der Waals surface area contributed by atoms with E-state index in [0.29, 0.717) is 32.5 Å². The second-order valence-corrected chi connectivity index (χ2v) is 7.27. The third-order valence-corrected chi connectivity index (χ3v) is 4.79. The summed E-state index contributed by atoms with van der Waals surface area (Å²) in [6, 6.07) is 8.66. The molecule has 2 aromatic carbocycles. The van der Waals surface area contributed by atoms with Crippen LogP contribution >= 0.6 is 15.9 Å². The van der Waals surface area contributed by atoms with E-state index in [-0.39, 0.29) is 24.7 Å². The Kier molecular flexibility index (Phi) is 7.61. The van der Waals surface area contributed by atoms with Crippen LogP contribution in [0.15, 0.2) is 50.4 Å². The molecule has 0 aliphatic carbocycles. The highest BCUT2D eigenvalue weighted by molar-refractivity contribution is 9.10. The highest BCUT2D eigenvalue weighted by Crippen LogP contribution is 2.36. The van der Waals surface area contributed by atoms with Gasteiger partial charge in [0.15, 0.2) is 23.9 Å². The number of nitrogens with zero attached hydrogens (tertiary/aromatic N) is 2.